The fourth-order valence-electron chi connectivity index (χ4n) is 5.69. The van der Waals surface area contributed by atoms with E-state index in [4.69, 9.17) is 0 Å². The largest absolute Gasteiger partial charge is 0.207 e. The molecule has 0 N–H and O–H groups in total. The van der Waals surface area contributed by atoms with Gasteiger partial charge in [0, 0.05) is 5.39 Å². The first kappa shape index (κ1) is 19.6. The lowest BCUT2D eigenvalue weighted by molar-refractivity contribution is 0.124. The maximum absolute atomic E-state index is 15.0. The fourth-order valence-corrected chi connectivity index (χ4v) is 5.69. The Bertz CT molecular complexity index is 866. The molecule has 0 heterocycles. The van der Waals surface area contributed by atoms with Gasteiger partial charge in [-0.05, 0) is 110 Å². The van der Waals surface area contributed by atoms with Crippen molar-refractivity contribution in [3.05, 3.63) is 59.2 Å². The van der Waals surface area contributed by atoms with Crippen LogP contribution < -0.4 is 0 Å². The molecule has 2 aromatic carbocycles. The van der Waals surface area contributed by atoms with Gasteiger partial charge in [0.2, 0.25) is 0 Å². The van der Waals surface area contributed by atoms with Crippen LogP contribution in [-0.4, -0.2) is 0 Å². The Morgan fingerprint density at radius 2 is 1.71 bits per heavy atom. The van der Waals surface area contributed by atoms with Crippen molar-refractivity contribution in [3.63, 3.8) is 0 Å². The molecule has 4 atom stereocenters. The minimum Gasteiger partial charge on any atom is -0.207 e. The van der Waals surface area contributed by atoms with E-state index in [-0.39, 0.29) is 17.6 Å². The number of fused-ring (bicyclic) bond motifs is 2. The molecular weight excluding hydrogens is 350 g/mol. The third-order valence-corrected chi connectivity index (χ3v) is 7.23. The highest BCUT2D eigenvalue weighted by Crippen LogP contribution is 2.48. The van der Waals surface area contributed by atoms with E-state index < -0.39 is 0 Å². The van der Waals surface area contributed by atoms with Crippen LogP contribution in [-0.2, 0) is 6.42 Å². The van der Waals surface area contributed by atoms with E-state index in [1.807, 2.05) is 25.1 Å². The van der Waals surface area contributed by atoms with Gasteiger partial charge in [-0.2, -0.15) is 0 Å². The van der Waals surface area contributed by atoms with Crippen molar-refractivity contribution < 1.29 is 8.78 Å². The summed E-state index contributed by atoms with van der Waals surface area (Å²) in [7, 11) is 0. The van der Waals surface area contributed by atoms with E-state index >= 15 is 4.39 Å². The fraction of sp³-hybridized carbons (Fsp3) is 0.538. The predicted octanol–water partition coefficient (Wildman–Crippen LogP) is 7.95. The van der Waals surface area contributed by atoms with E-state index in [2.05, 4.69) is 13.0 Å². The molecule has 4 rings (SSSR count). The normalized spacial score (nSPS) is 28.0. The molecule has 0 spiro atoms. The van der Waals surface area contributed by atoms with Gasteiger partial charge in [-0.1, -0.05) is 31.6 Å². The SMILES string of the molecule is C/C=C/CCc1cc(F)c2cc(C3CCC4CC(C)CCC4C3)c(F)cc2c1. The van der Waals surface area contributed by atoms with Crippen LogP contribution in [0.4, 0.5) is 8.78 Å². The number of rotatable bonds is 4. The maximum Gasteiger partial charge on any atom is 0.131 e. The summed E-state index contributed by atoms with van der Waals surface area (Å²) in [6.45, 7) is 4.35. The van der Waals surface area contributed by atoms with Crippen molar-refractivity contribution in [1.29, 1.82) is 0 Å². The van der Waals surface area contributed by atoms with Crippen molar-refractivity contribution in [2.24, 2.45) is 17.8 Å². The summed E-state index contributed by atoms with van der Waals surface area (Å²) in [5.41, 5.74) is 1.68. The van der Waals surface area contributed by atoms with Gasteiger partial charge < -0.3 is 0 Å². The van der Waals surface area contributed by atoms with Crippen LogP contribution in [0.2, 0.25) is 0 Å². The summed E-state index contributed by atoms with van der Waals surface area (Å²) in [6.07, 6.45) is 13.0. The second-order valence-electron chi connectivity index (χ2n) is 9.23. The molecule has 2 aromatic rings. The van der Waals surface area contributed by atoms with E-state index in [1.54, 1.807) is 12.1 Å². The topological polar surface area (TPSA) is 0 Å². The number of hydrogen-bond donors (Lipinski definition) is 0. The van der Waals surface area contributed by atoms with Gasteiger partial charge in [-0.15, -0.1) is 0 Å². The van der Waals surface area contributed by atoms with Gasteiger partial charge in [-0.3, -0.25) is 0 Å². The molecule has 28 heavy (non-hydrogen) atoms. The Hall–Kier alpha value is -1.70. The first-order valence-corrected chi connectivity index (χ1v) is 11.1. The zero-order valence-corrected chi connectivity index (χ0v) is 17.2. The van der Waals surface area contributed by atoms with Crippen LogP contribution in [0.25, 0.3) is 10.8 Å². The lowest BCUT2D eigenvalue weighted by Gasteiger charge is -2.41. The summed E-state index contributed by atoms with van der Waals surface area (Å²) >= 11 is 0. The summed E-state index contributed by atoms with van der Waals surface area (Å²) in [5, 5.41) is 1.27. The van der Waals surface area contributed by atoms with E-state index in [0.29, 0.717) is 10.8 Å². The zero-order chi connectivity index (χ0) is 19.7. The highest BCUT2D eigenvalue weighted by molar-refractivity contribution is 5.85. The Balaban J connectivity index is 1.59. The standard InChI is InChI=1S/C26H32F2/c1-3-4-5-6-18-12-22-15-26(28)23(16-24(22)25(27)13-18)21-10-9-19-11-17(2)7-8-20(19)14-21/h3-4,12-13,15-17,19-21H,5-11,14H2,1-2H3/b4-3+. The molecule has 2 fully saturated rings. The van der Waals surface area contributed by atoms with Gasteiger partial charge in [0.15, 0.2) is 0 Å². The van der Waals surface area contributed by atoms with E-state index in [0.717, 1.165) is 54.6 Å². The Morgan fingerprint density at radius 3 is 2.54 bits per heavy atom. The van der Waals surface area contributed by atoms with Crippen molar-refractivity contribution in [3.8, 4) is 0 Å². The molecule has 2 heteroatoms. The van der Waals surface area contributed by atoms with Crippen LogP contribution in [0.5, 0.6) is 0 Å². The van der Waals surface area contributed by atoms with E-state index in [1.165, 1.54) is 25.7 Å². The van der Waals surface area contributed by atoms with Crippen LogP contribution in [0.3, 0.4) is 0 Å². The molecule has 0 aromatic heterocycles. The monoisotopic (exact) mass is 382 g/mol. The van der Waals surface area contributed by atoms with E-state index in [9.17, 15) is 4.39 Å². The highest BCUT2D eigenvalue weighted by atomic mass is 19.1. The molecule has 0 radical (unpaired) electrons. The van der Waals surface area contributed by atoms with Crippen LogP contribution in [0.15, 0.2) is 36.4 Å². The van der Waals surface area contributed by atoms with Gasteiger partial charge in [-0.25, -0.2) is 8.78 Å². The summed E-state index contributed by atoms with van der Waals surface area (Å²) in [5.74, 6) is 2.27. The minimum absolute atomic E-state index is 0.148. The van der Waals surface area contributed by atoms with Gasteiger partial charge in [0.05, 0.1) is 0 Å². The first-order chi connectivity index (χ1) is 13.5. The molecule has 0 nitrogen and oxygen atoms in total. The minimum atomic E-state index is -0.214. The maximum atomic E-state index is 15.0. The molecule has 2 saturated carbocycles. The van der Waals surface area contributed by atoms with Crippen molar-refractivity contribution in [2.45, 2.75) is 71.1 Å². The smallest absolute Gasteiger partial charge is 0.131 e. The molecule has 0 saturated heterocycles. The van der Waals surface area contributed by atoms with Gasteiger partial charge >= 0.3 is 0 Å². The van der Waals surface area contributed by atoms with Gasteiger partial charge in [0.25, 0.3) is 0 Å². The van der Waals surface area contributed by atoms with Gasteiger partial charge in [0.1, 0.15) is 11.6 Å². The molecule has 2 aliphatic carbocycles. The third kappa shape index (κ3) is 4.02. The number of allylic oxidation sites excluding steroid dienone is 2. The molecule has 0 aliphatic heterocycles. The number of hydrogen-bond acceptors (Lipinski definition) is 0. The Morgan fingerprint density at radius 1 is 0.929 bits per heavy atom. The molecule has 0 amide bonds. The van der Waals surface area contributed by atoms with Crippen LogP contribution in [0, 0.1) is 29.4 Å². The first-order valence-electron chi connectivity index (χ1n) is 11.1. The lowest BCUT2D eigenvalue weighted by Crippen LogP contribution is -2.29. The number of halogens is 2. The molecular formula is C26H32F2. The average molecular weight is 383 g/mol. The molecule has 0 bridgehead atoms. The number of benzene rings is 2. The molecule has 2 aliphatic rings. The summed E-state index contributed by atoms with van der Waals surface area (Å²) < 4.78 is 29.8. The predicted molar refractivity (Wildman–Crippen MR) is 114 cm³/mol. The van der Waals surface area contributed by atoms with Crippen LogP contribution in [0.1, 0.15) is 75.8 Å². The lowest BCUT2D eigenvalue weighted by atomic mass is 9.64. The Labute approximate surface area is 168 Å². The number of aryl methyl sites for hydroxylation is 1. The van der Waals surface area contributed by atoms with Crippen molar-refractivity contribution >= 4 is 10.8 Å². The second-order valence-corrected chi connectivity index (χ2v) is 9.23. The zero-order valence-electron chi connectivity index (χ0n) is 17.2. The highest BCUT2D eigenvalue weighted by Gasteiger charge is 2.35. The summed E-state index contributed by atoms with van der Waals surface area (Å²) in [4.78, 5) is 0. The summed E-state index contributed by atoms with van der Waals surface area (Å²) in [6, 6.07) is 6.97. The average Bonchev–Trinajstić information content (AvgIpc) is 2.67. The Kier molecular flexibility index (Phi) is 5.85. The molecule has 150 valence electrons. The van der Waals surface area contributed by atoms with Crippen molar-refractivity contribution in [2.75, 3.05) is 0 Å². The third-order valence-electron chi connectivity index (χ3n) is 7.23. The van der Waals surface area contributed by atoms with Crippen molar-refractivity contribution in [1.82, 2.24) is 0 Å². The molecule has 4 unspecified atom stereocenters. The quantitative estimate of drug-likeness (QED) is 0.471. The second kappa shape index (κ2) is 8.35. The van der Waals surface area contributed by atoms with Crippen LogP contribution >= 0.6 is 0 Å².